The summed E-state index contributed by atoms with van der Waals surface area (Å²) in [6.07, 6.45) is 2.58. The van der Waals surface area contributed by atoms with Crippen molar-refractivity contribution >= 4 is 15.7 Å². The number of para-hydroxylation sites is 1. The van der Waals surface area contributed by atoms with E-state index in [0.717, 1.165) is 30.6 Å². The van der Waals surface area contributed by atoms with E-state index in [-0.39, 0.29) is 11.3 Å². The first kappa shape index (κ1) is 12.9. The molecule has 0 radical (unpaired) electrons. The number of nitrogens with one attached hydrogen (secondary N) is 1. The maximum Gasteiger partial charge on any atom is 0.239 e. The summed E-state index contributed by atoms with van der Waals surface area (Å²) in [4.78, 5) is 0. The van der Waals surface area contributed by atoms with Crippen LogP contribution in [0.25, 0.3) is 0 Å². The van der Waals surface area contributed by atoms with E-state index in [4.69, 9.17) is 0 Å². The summed E-state index contributed by atoms with van der Waals surface area (Å²) in [7, 11) is -3.25. The van der Waals surface area contributed by atoms with E-state index in [1.165, 1.54) is 0 Å². The molecule has 2 aliphatic rings. The third kappa shape index (κ3) is 2.15. The zero-order valence-corrected chi connectivity index (χ0v) is 12.0. The highest BCUT2D eigenvalue weighted by Gasteiger charge is 2.39. The van der Waals surface area contributed by atoms with Gasteiger partial charge in [-0.25, -0.2) is 8.42 Å². The minimum atomic E-state index is -3.25. The fourth-order valence-corrected chi connectivity index (χ4v) is 5.21. The highest BCUT2D eigenvalue weighted by Crippen LogP contribution is 2.34. The number of benzene rings is 1. The molecule has 0 bridgehead atoms. The van der Waals surface area contributed by atoms with Gasteiger partial charge in [0.2, 0.25) is 10.0 Å². The lowest BCUT2D eigenvalue weighted by atomic mass is 9.99. The maximum absolute atomic E-state index is 12.8. The summed E-state index contributed by atoms with van der Waals surface area (Å²) in [6, 6.07) is 7.94. The van der Waals surface area contributed by atoms with Crippen molar-refractivity contribution < 1.29 is 8.42 Å². The Kier molecular flexibility index (Phi) is 3.27. The Morgan fingerprint density at radius 2 is 2.05 bits per heavy atom. The Labute approximate surface area is 114 Å². The molecule has 2 heterocycles. The van der Waals surface area contributed by atoms with Gasteiger partial charge in [0.1, 0.15) is 0 Å². The molecule has 0 aromatic heterocycles. The Morgan fingerprint density at radius 1 is 1.26 bits per heavy atom. The van der Waals surface area contributed by atoms with Crippen LogP contribution in [0, 0.1) is 0 Å². The fourth-order valence-electron chi connectivity index (χ4n) is 3.09. The Morgan fingerprint density at radius 3 is 2.79 bits per heavy atom. The molecule has 0 spiro atoms. The van der Waals surface area contributed by atoms with Crippen LogP contribution in [0.15, 0.2) is 24.3 Å². The van der Waals surface area contributed by atoms with Crippen molar-refractivity contribution in [2.45, 2.75) is 37.5 Å². The first-order chi connectivity index (χ1) is 9.10. The van der Waals surface area contributed by atoms with Gasteiger partial charge < -0.3 is 5.32 Å². The topological polar surface area (TPSA) is 49.4 Å². The molecule has 1 fully saturated rings. The molecule has 2 atom stereocenters. The van der Waals surface area contributed by atoms with E-state index in [9.17, 15) is 8.42 Å². The standard InChI is InChI=1S/C14H20N2O2S/c1-11-6-7-12-4-2-3-5-14(12)16(11)19(17,18)13-8-9-15-10-13/h2-5,11,13,15H,6-10H2,1H3. The van der Waals surface area contributed by atoms with E-state index in [1.54, 1.807) is 4.31 Å². The monoisotopic (exact) mass is 280 g/mol. The van der Waals surface area contributed by atoms with Crippen LogP contribution >= 0.6 is 0 Å². The third-order valence-corrected chi connectivity index (χ3v) is 6.52. The molecule has 2 aliphatic heterocycles. The minimum absolute atomic E-state index is 0.0560. The molecule has 5 heteroatoms. The molecule has 0 saturated carbocycles. The van der Waals surface area contributed by atoms with Crippen LogP contribution < -0.4 is 9.62 Å². The second kappa shape index (κ2) is 4.80. The Bertz CT molecular complexity index is 565. The molecule has 1 aromatic rings. The van der Waals surface area contributed by atoms with E-state index in [2.05, 4.69) is 5.32 Å². The van der Waals surface area contributed by atoms with Crippen molar-refractivity contribution in [3.63, 3.8) is 0 Å². The van der Waals surface area contributed by atoms with Gasteiger partial charge in [0, 0.05) is 12.6 Å². The Hall–Kier alpha value is -1.07. The summed E-state index contributed by atoms with van der Waals surface area (Å²) >= 11 is 0. The fraction of sp³-hybridized carbons (Fsp3) is 0.571. The molecule has 19 heavy (non-hydrogen) atoms. The maximum atomic E-state index is 12.8. The number of fused-ring (bicyclic) bond motifs is 1. The zero-order chi connectivity index (χ0) is 13.5. The molecule has 1 saturated heterocycles. The molecular weight excluding hydrogens is 260 g/mol. The van der Waals surface area contributed by atoms with Crippen molar-refractivity contribution in [1.82, 2.24) is 5.32 Å². The van der Waals surface area contributed by atoms with Crippen LogP contribution in [0.1, 0.15) is 25.3 Å². The molecule has 0 amide bonds. The molecule has 1 aromatic carbocycles. The van der Waals surface area contributed by atoms with E-state index in [1.807, 2.05) is 31.2 Å². The number of sulfonamides is 1. The average molecular weight is 280 g/mol. The van der Waals surface area contributed by atoms with Crippen molar-refractivity contribution in [2.75, 3.05) is 17.4 Å². The lowest BCUT2D eigenvalue weighted by Gasteiger charge is -2.37. The molecule has 2 unspecified atom stereocenters. The van der Waals surface area contributed by atoms with Gasteiger partial charge in [-0.2, -0.15) is 0 Å². The van der Waals surface area contributed by atoms with Crippen LogP contribution in [-0.2, 0) is 16.4 Å². The highest BCUT2D eigenvalue weighted by atomic mass is 32.2. The van der Waals surface area contributed by atoms with Gasteiger partial charge in [-0.1, -0.05) is 18.2 Å². The molecule has 4 nitrogen and oxygen atoms in total. The normalized spacial score (nSPS) is 27.3. The smallest absolute Gasteiger partial charge is 0.239 e. The molecular formula is C14H20N2O2S. The largest absolute Gasteiger partial charge is 0.315 e. The predicted molar refractivity (Wildman–Crippen MR) is 76.9 cm³/mol. The first-order valence-electron chi connectivity index (χ1n) is 6.92. The highest BCUT2D eigenvalue weighted by molar-refractivity contribution is 7.93. The second-order valence-corrected chi connectivity index (χ2v) is 7.56. The third-order valence-electron chi connectivity index (χ3n) is 4.17. The number of aryl methyl sites for hydroxylation is 1. The number of hydrogen-bond acceptors (Lipinski definition) is 3. The van der Waals surface area contributed by atoms with Crippen molar-refractivity contribution in [3.05, 3.63) is 29.8 Å². The summed E-state index contributed by atoms with van der Waals surface area (Å²) in [5.41, 5.74) is 2.03. The number of rotatable bonds is 2. The van der Waals surface area contributed by atoms with Crippen molar-refractivity contribution in [2.24, 2.45) is 0 Å². The summed E-state index contributed by atoms with van der Waals surface area (Å²) < 4.78 is 27.4. The van der Waals surface area contributed by atoms with Crippen LogP contribution in [0.4, 0.5) is 5.69 Å². The van der Waals surface area contributed by atoms with Gasteiger partial charge in [-0.3, -0.25) is 4.31 Å². The summed E-state index contributed by atoms with van der Waals surface area (Å²) in [5.74, 6) is 0. The number of anilines is 1. The van der Waals surface area contributed by atoms with Gasteiger partial charge in [-0.15, -0.1) is 0 Å². The van der Waals surface area contributed by atoms with Gasteiger partial charge in [-0.05, 0) is 44.4 Å². The lowest BCUT2D eigenvalue weighted by molar-refractivity contribution is 0.552. The molecule has 104 valence electrons. The number of hydrogen-bond donors (Lipinski definition) is 1. The Balaban J connectivity index is 2.03. The molecule has 1 N–H and O–H groups in total. The van der Waals surface area contributed by atoms with Crippen molar-refractivity contribution in [1.29, 1.82) is 0 Å². The second-order valence-electron chi connectivity index (χ2n) is 5.47. The minimum Gasteiger partial charge on any atom is -0.315 e. The first-order valence-corrected chi connectivity index (χ1v) is 8.43. The van der Waals surface area contributed by atoms with Crippen molar-refractivity contribution in [3.8, 4) is 0 Å². The van der Waals surface area contributed by atoms with Gasteiger partial charge in [0.05, 0.1) is 10.9 Å². The lowest BCUT2D eigenvalue weighted by Crippen LogP contribution is -2.47. The average Bonchev–Trinajstić information content (AvgIpc) is 2.92. The van der Waals surface area contributed by atoms with Crippen LogP contribution in [-0.4, -0.2) is 32.8 Å². The quantitative estimate of drug-likeness (QED) is 0.893. The van der Waals surface area contributed by atoms with Gasteiger partial charge >= 0.3 is 0 Å². The summed E-state index contributed by atoms with van der Waals surface area (Å²) in [5, 5.41) is 2.87. The number of nitrogens with zero attached hydrogens (tertiary/aromatic N) is 1. The zero-order valence-electron chi connectivity index (χ0n) is 11.2. The summed E-state index contributed by atoms with van der Waals surface area (Å²) in [6.45, 7) is 3.39. The van der Waals surface area contributed by atoms with E-state index >= 15 is 0 Å². The van der Waals surface area contributed by atoms with Crippen LogP contribution in [0.2, 0.25) is 0 Å². The van der Waals surface area contributed by atoms with Crippen LogP contribution in [0.5, 0.6) is 0 Å². The SMILES string of the molecule is CC1CCc2ccccc2N1S(=O)(=O)C1CCNC1. The van der Waals surface area contributed by atoms with E-state index in [0.29, 0.717) is 13.0 Å². The van der Waals surface area contributed by atoms with Gasteiger partial charge in [0.15, 0.2) is 0 Å². The van der Waals surface area contributed by atoms with Gasteiger partial charge in [0.25, 0.3) is 0 Å². The van der Waals surface area contributed by atoms with E-state index < -0.39 is 10.0 Å². The predicted octanol–water partition coefficient (Wildman–Crippen LogP) is 1.52. The molecule has 0 aliphatic carbocycles. The van der Waals surface area contributed by atoms with Crippen LogP contribution in [0.3, 0.4) is 0 Å². The molecule has 3 rings (SSSR count).